The van der Waals surface area contributed by atoms with Gasteiger partial charge in [0.05, 0.1) is 17.2 Å². The zero-order chi connectivity index (χ0) is 21.4. The Balaban J connectivity index is 1.85. The minimum Gasteiger partial charge on any atom is -0.391 e. The number of nitrogens with zero attached hydrogens (tertiary/aromatic N) is 1. The van der Waals surface area contributed by atoms with Crippen molar-refractivity contribution in [2.24, 2.45) is 4.40 Å². The Morgan fingerprint density at radius 1 is 1.17 bits per heavy atom. The molecule has 30 heavy (non-hydrogen) atoms. The number of ether oxygens (including phenoxy) is 1. The van der Waals surface area contributed by atoms with Crippen LogP contribution in [0.1, 0.15) is 23.6 Å². The van der Waals surface area contributed by atoms with E-state index in [-0.39, 0.29) is 17.2 Å². The van der Waals surface area contributed by atoms with Crippen LogP contribution in [0, 0.1) is 0 Å². The molecule has 0 spiro atoms. The van der Waals surface area contributed by atoms with Gasteiger partial charge in [0.1, 0.15) is 19.7 Å². The van der Waals surface area contributed by atoms with Crippen LogP contribution in [0.5, 0.6) is 0 Å². The number of sulfonamides is 1. The van der Waals surface area contributed by atoms with E-state index in [0.29, 0.717) is 36.5 Å². The molecule has 4 rings (SSSR count). The van der Waals surface area contributed by atoms with E-state index >= 15 is 0 Å². The molecule has 7 nitrogen and oxygen atoms in total. The van der Waals surface area contributed by atoms with E-state index in [0.717, 1.165) is 16.9 Å². The lowest BCUT2D eigenvalue weighted by Crippen LogP contribution is -3.14. The molecule has 2 aromatic carbocycles. The van der Waals surface area contributed by atoms with Gasteiger partial charge in [-0.1, -0.05) is 43.3 Å². The molecule has 1 aliphatic heterocycles. The van der Waals surface area contributed by atoms with Crippen molar-refractivity contribution in [3.8, 4) is 0 Å². The van der Waals surface area contributed by atoms with E-state index < -0.39 is 15.8 Å². The number of hydrogen-bond acceptors (Lipinski definition) is 5. The highest BCUT2D eigenvalue weighted by Crippen LogP contribution is 2.36. The Labute approximate surface area is 176 Å². The van der Waals surface area contributed by atoms with Crippen LogP contribution in [-0.4, -0.2) is 50.6 Å². The van der Waals surface area contributed by atoms with Crippen LogP contribution in [0.25, 0.3) is 0 Å². The first-order valence-corrected chi connectivity index (χ1v) is 11.4. The summed E-state index contributed by atoms with van der Waals surface area (Å²) < 4.78 is 35.9. The zero-order valence-corrected chi connectivity index (χ0v) is 17.5. The van der Waals surface area contributed by atoms with Crippen LogP contribution in [0.4, 0.5) is 0 Å². The van der Waals surface area contributed by atoms with Crippen LogP contribution in [0.15, 0.2) is 69.6 Å². The average Bonchev–Trinajstić information content (AvgIpc) is 2.75. The number of quaternary nitrogens is 1. The van der Waals surface area contributed by atoms with Crippen LogP contribution in [0.3, 0.4) is 0 Å². The summed E-state index contributed by atoms with van der Waals surface area (Å²) in [5.41, 5.74) is 2.69. The predicted octanol–water partition coefficient (Wildman–Crippen LogP) is 0.377. The third kappa shape index (κ3) is 3.61. The van der Waals surface area contributed by atoms with Gasteiger partial charge in [0.25, 0.3) is 15.8 Å². The predicted molar refractivity (Wildman–Crippen MR) is 112 cm³/mol. The Kier molecular flexibility index (Phi) is 5.61. The molecule has 2 aliphatic rings. The topological polar surface area (TPSA) is 101 Å². The largest absolute Gasteiger partial charge is 0.391 e. The number of aryl methyl sites for hydroxylation is 1. The zero-order valence-electron chi connectivity index (χ0n) is 16.7. The van der Waals surface area contributed by atoms with Gasteiger partial charge in [-0.25, -0.2) is 0 Å². The molecule has 2 aromatic rings. The molecule has 2 atom stereocenters. The van der Waals surface area contributed by atoms with Gasteiger partial charge in [0.15, 0.2) is 5.70 Å². The van der Waals surface area contributed by atoms with Crippen molar-refractivity contribution in [1.82, 2.24) is 0 Å². The van der Waals surface area contributed by atoms with Crippen LogP contribution in [-0.2, 0) is 27.0 Å². The van der Waals surface area contributed by atoms with E-state index in [4.69, 9.17) is 4.74 Å². The maximum atomic E-state index is 13.0. The third-order valence-corrected chi connectivity index (χ3v) is 6.88. The summed E-state index contributed by atoms with van der Waals surface area (Å²) in [6.45, 7) is 3.17. The lowest BCUT2D eigenvalue weighted by Gasteiger charge is -2.41. The SMILES string of the molecule is CCc1ccc(S(=O)(=O)N=C2C=C3[NH+](CCO)CCOC3(O)c3ccccc32)cc1. The van der Waals surface area contributed by atoms with Crippen molar-refractivity contribution in [2.75, 3.05) is 26.3 Å². The van der Waals surface area contributed by atoms with Crippen LogP contribution >= 0.6 is 0 Å². The number of aliphatic hydroxyl groups is 2. The molecule has 1 fully saturated rings. The van der Waals surface area contributed by atoms with Crippen molar-refractivity contribution >= 4 is 15.7 Å². The molecular formula is C22H25N2O5S+. The third-order valence-electron chi connectivity index (χ3n) is 5.57. The Morgan fingerprint density at radius 3 is 2.60 bits per heavy atom. The van der Waals surface area contributed by atoms with Gasteiger partial charge in [-0.15, -0.1) is 0 Å². The summed E-state index contributed by atoms with van der Waals surface area (Å²) >= 11 is 0. The molecule has 0 radical (unpaired) electrons. The highest BCUT2D eigenvalue weighted by molar-refractivity contribution is 7.90. The molecule has 1 aliphatic carbocycles. The molecule has 0 amide bonds. The van der Waals surface area contributed by atoms with Crippen LogP contribution in [0.2, 0.25) is 0 Å². The van der Waals surface area contributed by atoms with Crippen molar-refractivity contribution in [2.45, 2.75) is 24.0 Å². The fourth-order valence-electron chi connectivity index (χ4n) is 3.96. The molecule has 1 saturated heterocycles. The van der Waals surface area contributed by atoms with Gasteiger partial charge in [-0.3, -0.25) is 4.90 Å². The number of aliphatic hydroxyl groups excluding tert-OH is 1. The average molecular weight is 430 g/mol. The second-order valence-corrected chi connectivity index (χ2v) is 8.98. The second kappa shape index (κ2) is 8.05. The standard InChI is InChI=1S/C22H24N2O5S/c1-2-16-7-9-17(10-8-16)30(27,28)23-20-15-21-22(26,19-6-4-3-5-18(19)20)29-14-12-24(21)11-13-25/h3-10,15,25-26H,2,11-14H2,1H3/p+1. The maximum Gasteiger partial charge on any atom is 0.282 e. The fraction of sp³-hybridized carbons (Fsp3) is 0.318. The Morgan fingerprint density at radius 2 is 1.90 bits per heavy atom. The minimum atomic E-state index is -3.95. The van der Waals surface area contributed by atoms with Gasteiger partial charge < -0.3 is 14.9 Å². The highest BCUT2D eigenvalue weighted by atomic mass is 32.2. The number of hydrogen-bond donors (Lipinski definition) is 3. The lowest BCUT2D eigenvalue weighted by molar-refractivity contribution is -0.882. The molecule has 8 heteroatoms. The molecule has 1 heterocycles. The van der Waals surface area contributed by atoms with Gasteiger partial charge in [0, 0.05) is 17.2 Å². The van der Waals surface area contributed by atoms with Crippen LogP contribution < -0.4 is 4.90 Å². The molecule has 0 saturated carbocycles. The van der Waals surface area contributed by atoms with Crippen molar-refractivity contribution in [1.29, 1.82) is 0 Å². The molecular weight excluding hydrogens is 404 g/mol. The minimum absolute atomic E-state index is 0.0705. The van der Waals surface area contributed by atoms with E-state index in [1.165, 1.54) is 0 Å². The molecule has 0 bridgehead atoms. The van der Waals surface area contributed by atoms with E-state index in [9.17, 15) is 18.6 Å². The summed E-state index contributed by atoms with van der Waals surface area (Å²) in [5.74, 6) is -1.68. The summed E-state index contributed by atoms with van der Waals surface area (Å²) in [6.07, 6.45) is 2.39. The number of fused-ring (bicyclic) bond motifs is 3. The van der Waals surface area contributed by atoms with E-state index in [1.807, 2.05) is 6.92 Å². The van der Waals surface area contributed by atoms with Gasteiger partial charge >= 0.3 is 0 Å². The molecule has 3 N–H and O–H groups in total. The monoisotopic (exact) mass is 429 g/mol. The molecule has 158 valence electrons. The second-order valence-electron chi connectivity index (χ2n) is 7.37. The quantitative estimate of drug-likeness (QED) is 0.638. The van der Waals surface area contributed by atoms with Gasteiger partial charge in [0.2, 0.25) is 0 Å². The number of nitrogens with one attached hydrogen (secondary N) is 1. The van der Waals surface area contributed by atoms with Crippen molar-refractivity contribution in [3.05, 3.63) is 77.0 Å². The highest BCUT2D eigenvalue weighted by Gasteiger charge is 2.49. The summed E-state index contributed by atoms with van der Waals surface area (Å²) in [7, 11) is -3.95. The first-order chi connectivity index (χ1) is 14.4. The lowest BCUT2D eigenvalue weighted by atomic mass is 9.86. The Hall–Kier alpha value is -2.36. The summed E-state index contributed by atoms with van der Waals surface area (Å²) in [5, 5.41) is 20.8. The van der Waals surface area contributed by atoms with Crippen molar-refractivity contribution in [3.63, 3.8) is 0 Å². The summed E-state index contributed by atoms with van der Waals surface area (Å²) in [6, 6.07) is 13.6. The number of morpholine rings is 1. The smallest absolute Gasteiger partial charge is 0.282 e. The number of benzene rings is 2. The fourth-order valence-corrected chi connectivity index (χ4v) is 4.96. The molecule has 0 aromatic heterocycles. The normalized spacial score (nSPS) is 24.8. The summed E-state index contributed by atoms with van der Waals surface area (Å²) in [4.78, 5) is 0.946. The molecule has 2 unspecified atom stereocenters. The number of allylic oxidation sites excluding steroid dienone is 1. The van der Waals surface area contributed by atoms with Gasteiger partial charge in [-0.2, -0.15) is 12.8 Å². The van der Waals surface area contributed by atoms with E-state index in [2.05, 4.69) is 4.40 Å². The Bertz CT molecular complexity index is 1110. The maximum absolute atomic E-state index is 13.0. The first-order valence-electron chi connectivity index (χ1n) is 9.97. The van der Waals surface area contributed by atoms with E-state index in [1.54, 1.807) is 54.6 Å². The van der Waals surface area contributed by atoms with Crippen molar-refractivity contribution < 1.29 is 28.3 Å². The van der Waals surface area contributed by atoms with Gasteiger partial charge in [-0.05, 0) is 24.1 Å². The first kappa shape index (κ1) is 20.9. The number of rotatable bonds is 5.